The molecule has 0 aliphatic carbocycles. The van der Waals surface area contributed by atoms with E-state index in [4.69, 9.17) is 4.74 Å². The molecular weight excluding hydrogens is 240 g/mol. The first-order valence-corrected chi connectivity index (χ1v) is 6.75. The van der Waals surface area contributed by atoms with Crippen LogP contribution in [0.2, 0.25) is 0 Å². The summed E-state index contributed by atoms with van der Waals surface area (Å²) >= 11 is 0. The minimum Gasteiger partial charge on any atom is -0.372 e. The molecule has 2 rings (SSSR count). The van der Waals surface area contributed by atoms with Crippen LogP contribution in [0.3, 0.4) is 0 Å². The summed E-state index contributed by atoms with van der Waals surface area (Å²) in [5.74, 6) is 0. The van der Waals surface area contributed by atoms with Crippen LogP contribution in [0.4, 0.5) is 10.5 Å². The summed E-state index contributed by atoms with van der Waals surface area (Å²) in [6, 6.07) is 5.97. The molecule has 1 N–H and O–H groups in total. The Morgan fingerprint density at radius 1 is 1.21 bits per heavy atom. The smallest absolute Gasteiger partial charge is 0.322 e. The number of anilines is 1. The molecule has 1 aliphatic heterocycles. The van der Waals surface area contributed by atoms with Crippen LogP contribution < -0.4 is 5.32 Å². The molecule has 1 heterocycles. The van der Waals surface area contributed by atoms with Crippen molar-refractivity contribution in [1.82, 2.24) is 4.90 Å². The third-order valence-corrected chi connectivity index (χ3v) is 3.42. The Morgan fingerprint density at radius 2 is 1.74 bits per heavy atom. The van der Waals surface area contributed by atoms with Gasteiger partial charge < -0.3 is 15.0 Å². The Kier molecular flexibility index (Phi) is 4.10. The fraction of sp³-hybridized carbons (Fsp3) is 0.533. The fourth-order valence-electron chi connectivity index (χ4n) is 2.54. The maximum absolute atomic E-state index is 12.3. The van der Waals surface area contributed by atoms with Crippen molar-refractivity contribution < 1.29 is 9.53 Å². The van der Waals surface area contributed by atoms with E-state index in [0.717, 1.165) is 16.8 Å². The van der Waals surface area contributed by atoms with E-state index in [2.05, 4.69) is 5.32 Å². The Bertz CT molecular complexity index is 443. The standard InChI is InChI=1S/C15H22N2O2/c1-10-6-5-7-11(2)14(10)16-15(18)17-8-12(3)19-13(4)9-17/h5-7,12-13H,8-9H2,1-4H3,(H,16,18)/t12-,13+. The predicted octanol–water partition coefficient (Wildman–Crippen LogP) is 2.94. The molecule has 19 heavy (non-hydrogen) atoms. The molecular formula is C15H22N2O2. The second kappa shape index (κ2) is 5.61. The van der Waals surface area contributed by atoms with E-state index < -0.39 is 0 Å². The molecule has 1 aromatic carbocycles. The van der Waals surface area contributed by atoms with E-state index in [9.17, 15) is 4.79 Å². The van der Waals surface area contributed by atoms with Gasteiger partial charge in [0.15, 0.2) is 0 Å². The number of urea groups is 1. The van der Waals surface area contributed by atoms with Crippen LogP contribution in [0, 0.1) is 13.8 Å². The predicted molar refractivity (Wildman–Crippen MR) is 76.5 cm³/mol. The molecule has 2 atom stereocenters. The number of rotatable bonds is 1. The largest absolute Gasteiger partial charge is 0.372 e. The highest BCUT2D eigenvalue weighted by Crippen LogP contribution is 2.20. The molecule has 0 saturated carbocycles. The zero-order chi connectivity index (χ0) is 14.0. The van der Waals surface area contributed by atoms with Crippen molar-refractivity contribution in [3.05, 3.63) is 29.3 Å². The number of hydrogen-bond acceptors (Lipinski definition) is 2. The van der Waals surface area contributed by atoms with E-state index in [1.54, 1.807) is 0 Å². The minimum absolute atomic E-state index is 0.0422. The minimum atomic E-state index is -0.0422. The number of nitrogens with one attached hydrogen (secondary N) is 1. The molecule has 0 unspecified atom stereocenters. The van der Waals surface area contributed by atoms with E-state index >= 15 is 0 Å². The van der Waals surface area contributed by atoms with Crippen LogP contribution in [-0.4, -0.2) is 36.2 Å². The lowest BCUT2D eigenvalue weighted by Gasteiger charge is -2.35. The topological polar surface area (TPSA) is 41.6 Å². The van der Waals surface area contributed by atoms with Gasteiger partial charge in [-0.3, -0.25) is 0 Å². The highest BCUT2D eigenvalue weighted by Gasteiger charge is 2.26. The highest BCUT2D eigenvalue weighted by atomic mass is 16.5. The van der Waals surface area contributed by atoms with Crippen molar-refractivity contribution in [3.8, 4) is 0 Å². The molecule has 2 amide bonds. The van der Waals surface area contributed by atoms with E-state index in [1.807, 2.05) is 50.8 Å². The summed E-state index contributed by atoms with van der Waals surface area (Å²) in [7, 11) is 0. The first kappa shape index (κ1) is 13.9. The summed E-state index contributed by atoms with van der Waals surface area (Å²) in [5.41, 5.74) is 3.09. The molecule has 0 bridgehead atoms. The normalized spacial score (nSPS) is 23.3. The van der Waals surface area contributed by atoms with Crippen molar-refractivity contribution in [3.63, 3.8) is 0 Å². The molecule has 1 aliphatic rings. The third-order valence-electron chi connectivity index (χ3n) is 3.42. The Balaban J connectivity index is 2.08. The van der Waals surface area contributed by atoms with Gasteiger partial charge in [0.25, 0.3) is 0 Å². The third kappa shape index (κ3) is 3.26. The van der Waals surface area contributed by atoms with Gasteiger partial charge in [-0.2, -0.15) is 0 Å². The number of hydrogen-bond donors (Lipinski definition) is 1. The van der Waals surface area contributed by atoms with Gasteiger partial charge in [-0.1, -0.05) is 18.2 Å². The number of amides is 2. The number of ether oxygens (including phenoxy) is 1. The average molecular weight is 262 g/mol. The molecule has 0 radical (unpaired) electrons. The van der Waals surface area contributed by atoms with Crippen molar-refractivity contribution in [2.75, 3.05) is 18.4 Å². The number of aryl methyl sites for hydroxylation is 2. The Labute approximate surface area is 114 Å². The number of nitrogens with zero attached hydrogens (tertiary/aromatic N) is 1. The number of carbonyl (C=O) groups is 1. The maximum Gasteiger partial charge on any atom is 0.322 e. The maximum atomic E-state index is 12.3. The number of morpholine rings is 1. The first-order chi connectivity index (χ1) is 8.97. The summed E-state index contributed by atoms with van der Waals surface area (Å²) in [5, 5.41) is 3.02. The van der Waals surface area contributed by atoms with Crippen LogP contribution in [0.1, 0.15) is 25.0 Å². The van der Waals surface area contributed by atoms with Gasteiger partial charge >= 0.3 is 6.03 Å². The highest BCUT2D eigenvalue weighted by molar-refractivity contribution is 5.91. The van der Waals surface area contributed by atoms with Crippen molar-refractivity contribution in [1.29, 1.82) is 0 Å². The monoisotopic (exact) mass is 262 g/mol. The summed E-state index contributed by atoms with van der Waals surface area (Å²) in [4.78, 5) is 14.1. The second-order valence-electron chi connectivity index (χ2n) is 5.36. The quantitative estimate of drug-likeness (QED) is 0.845. The fourth-order valence-corrected chi connectivity index (χ4v) is 2.54. The lowest BCUT2D eigenvalue weighted by atomic mass is 10.1. The SMILES string of the molecule is Cc1cccc(C)c1NC(=O)N1C[C@@H](C)O[C@@H](C)C1. The molecule has 0 spiro atoms. The van der Waals surface area contributed by atoms with Crippen LogP contribution in [0.25, 0.3) is 0 Å². The van der Waals surface area contributed by atoms with E-state index in [0.29, 0.717) is 13.1 Å². The number of carbonyl (C=O) groups excluding carboxylic acids is 1. The zero-order valence-corrected chi connectivity index (χ0v) is 12.1. The van der Waals surface area contributed by atoms with Gasteiger partial charge in [-0.25, -0.2) is 4.79 Å². The van der Waals surface area contributed by atoms with Crippen LogP contribution in [0.5, 0.6) is 0 Å². The van der Waals surface area contributed by atoms with Gasteiger partial charge in [-0.15, -0.1) is 0 Å². The molecule has 1 aromatic rings. The molecule has 4 nitrogen and oxygen atoms in total. The summed E-state index contributed by atoms with van der Waals surface area (Å²) in [6.45, 7) is 9.28. The van der Waals surface area contributed by atoms with Gasteiger partial charge in [0.05, 0.1) is 12.2 Å². The molecule has 0 aromatic heterocycles. The van der Waals surface area contributed by atoms with Gasteiger partial charge in [0, 0.05) is 18.8 Å². The molecule has 104 valence electrons. The first-order valence-electron chi connectivity index (χ1n) is 6.75. The Morgan fingerprint density at radius 3 is 2.26 bits per heavy atom. The van der Waals surface area contributed by atoms with Gasteiger partial charge in [0.2, 0.25) is 0 Å². The van der Waals surface area contributed by atoms with Gasteiger partial charge in [-0.05, 0) is 38.8 Å². The van der Waals surface area contributed by atoms with Crippen LogP contribution >= 0.6 is 0 Å². The molecule has 1 fully saturated rings. The average Bonchev–Trinajstić information content (AvgIpc) is 2.32. The van der Waals surface area contributed by atoms with Gasteiger partial charge in [0.1, 0.15) is 0 Å². The second-order valence-corrected chi connectivity index (χ2v) is 5.36. The van der Waals surface area contributed by atoms with Crippen LogP contribution in [0.15, 0.2) is 18.2 Å². The lowest BCUT2D eigenvalue weighted by molar-refractivity contribution is -0.0530. The molecule has 1 saturated heterocycles. The lowest BCUT2D eigenvalue weighted by Crippen LogP contribution is -2.49. The summed E-state index contributed by atoms with van der Waals surface area (Å²) in [6.07, 6.45) is 0.180. The van der Waals surface area contributed by atoms with Crippen LogP contribution in [-0.2, 0) is 4.74 Å². The van der Waals surface area contributed by atoms with Crippen molar-refractivity contribution >= 4 is 11.7 Å². The van der Waals surface area contributed by atoms with E-state index in [1.165, 1.54) is 0 Å². The van der Waals surface area contributed by atoms with Crippen molar-refractivity contribution in [2.45, 2.75) is 39.9 Å². The van der Waals surface area contributed by atoms with Crippen molar-refractivity contribution in [2.24, 2.45) is 0 Å². The Hall–Kier alpha value is -1.55. The number of para-hydroxylation sites is 1. The number of benzene rings is 1. The summed E-state index contributed by atoms with van der Waals surface area (Å²) < 4.78 is 5.64. The molecule has 4 heteroatoms. The zero-order valence-electron chi connectivity index (χ0n) is 12.1. The van der Waals surface area contributed by atoms with E-state index in [-0.39, 0.29) is 18.2 Å².